The lowest BCUT2D eigenvalue weighted by Gasteiger charge is -2.16. The molecule has 0 radical (unpaired) electrons. The standard InChI is InChI=1S/C21H39NO3.C2H6/c1-3-5-7-8-9-10-11-12-13-15-22-18-19(17-20(22)23)21(24)25-16-14-6-4-2;1-2/h19H,3-18H2,1-2H3;1-2H3. The van der Waals surface area contributed by atoms with Crippen molar-refractivity contribution in [2.45, 2.75) is 111 Å². The van der Waals surface area contributed by atoms with E-state index in [1.54, 1.807) is 0 Å². The molecule has 1 aliphatic rings. The summed E-state index contributed by atoms with van der Waals surface area (Å²) < 4.78 is 5.30. The first-order chi connectivity index (χ1) is 13.2. The second-order valence-corrected chi connectivity index (χ2v) is 7.44. The number of carbonyl (C=O) groups is 2. The first-order valence-corrected chi connectivity index (χ1v) is 11.6. The number of hydrogen-bond donors (Lipinski definition) is 0. The Kier molecular flexibility index (Phi) is 17.6. The molecule has 1 amide bonds. The summed E-state index contributed by atoms with van der Waals surface area (Å²) >= 11 is 0. The lowest BCUT2D eigenvalue weighted by Crippen LogP contribution is -2.27. The molecule has 160 valence electrons. The Morgan fingerprint density at radius 1 is 0.889 bits per heavy atom. The summed E-state index contributed by atoms with van der Waals surface area (Å²) in [6, 6.07) is 0. The van der Waals surface area contributed by atoms with Gasteiger partial charge in [-0.2, -0.15) is 0 Å². The molecule has 0 aromatic carbocycles. The molecule has 1 saturated heterocycles. The van der Waals surface area contributed by atoms with Crippen LogP contribution in [0.5, 0.6) is 0 Å². The Morgan fingerprint density at radius 3 is 2.00 bits per heavy atom. The van der Waals surface area contributed by atoms with Crippen molar-refractivity contribution in [1.29, 1.82) is 0 Å². The summed E-state index contributed by atoms with van der Waals surface area (Å²) in [4.78, 5) is 25.9. The van der Waals surface area contributed by atoms with E-state index in [0.717, 1.165) is 32.2 Å². The highest BCUT2D eigenvalue weighted by Crippen LogP contribution is 2.20. The zero-order valence-electron chi connectivity index (χ0n) is 18.6. The number of hydrogen-bond acceptors (Lipinski definition) is 3. The average Bonchev–Trinajstić information content (AvgIpc) is 3.06. The number of rotatable bonds is 15. The van der Waals surface area contributed by atoms with Gasteiger partial charge in [-0.3, -0.25) is 9.59 Å². The van der Waals surface area contributed by atoms with E-state index >= 15 is 0 Å². The normalized spacial score (nSPS) is 16.2. The molecule has 4 heteroatoms. The Morgan fingerprint density at radius 2 is 1.41 bits per heavy atom. The minimum atomic E-state index is -0.243. The molecule has 1 rings (SSSR count). The lowest BCUT2D eigenvalue weighted by molar-refractivity contribution is -0.148. The molecule has 0 saturated carbocycles. The van der Waals surface area contributed by atoms with Gasteiger partial charge in [-0.05, 0) is 12.8 Å². The van der Waals surface area contributed by atoms with Crippen LogP contribution >= 0.6 is 0 Å². The highest BCUT2D eigenvalue weighted by atomic mass is 16.5. The predicted molar refractivity (Wildman–Crippen MR) is 114 cm³/mol. The van der Waals surface area contributed by atoms with Crippen LogP contribution in [0.2, 0.25) is 0 Å². The molecule has 1 aliphatic heterocycles. The molecule has 0 bridgehead atoms. The molecule has 0 spiro atoms. The molecule has 1 heterocycles. The monoisotopic (exact) mass is 383 g/mol. The maximum Gasteiger partial charge on any atom is 0.311 e. The van der Waals surface area contributed by atoms with Crippen LogP contribution in [0, 0.1) is 5.92 Å². The fraction of sp³-hybridized carbons (Fsp3) is 0.913. The summed E-state index contributed by atoms with van der Waals surface area (Å²) in [7, 11) is 0. The van der Waals surface area contributed by atoms with E-state index in [0.29, 0.717) is 19.6 Å². The number of ether oxygens (including phenoxy) is 1. The van der Waals surface area contributed by atoms with Gasteiger partial charge in [0.15, 0.2) is 0 Å². The van der Waals surface area contributed by atoms with Crippen molar-refractivity contribution in [3.63, 3.8) is 0 Å². The lowest BCUT2D eigenvalue weighted by atomic mass is 10.1. The Labute approximate surface area is 168 Å². The third-order valence-corrected chi connectivity index (χ3v) is 5.07. The largest absolute Gasteiger partial charge is 0.465 e. The van der Waals surface area contributed by atoms with E-state index in [1.165, 1.54) is 51.4 Å². The zero-order chi connectivity index (χ0) is 20.3. The molecule has 27 heavy (non-hydrogen) atoms. The van der Waals surface area contributed by atoms with E-state index in [4.69, 9.17) is 4.74 Å². The van der Waals surface area contributed by atoms with Crippen LogP contribution in [0.25, 0.3) is 0 Å². The van der Waals surface area contributed by atoms with Crippen LogP contribution in [0.15, 0.2) is 0 Å². The number of nitrogens with zero attached hydrogens (tertiary/aromatic N) is 1. The summed E-state index contributed by atoms with van der Waals surface area (Å²) in [5.74, 6) is -0.304. The first kappa shape index (κ1) is 25.9. The van der Waals surface area contributed by atoms with Crippen molar-refractivity contribution in [3.05, 3.63) is 0 Å². The van der Waals surface area contributed by atoms with Gasteiger partial charge in [0.05, 0.1) is 12.5 Å². The van der Waals surface area contributed by atoms with E-state index in [9.17, 15) is 9.59 Å². The molecule has 1 unspecified atom stereocenters. The summed E-state index contributed by atoms with van der Waals surface area (Å²) in [5.41, 5.74) is 0. The third-order valence-electron chi connectivity index (χ3n) is 5.07. The van der Waals surface area contributed by atoms with Gasteiger partial charge in [-0.25, -0.2) is 0 Å². The number of unbranched alkanes of at least 4 members (excludes halogenated alkanes) is 10. The average molecular weight is 384 g/mol. The fourth-order valence-electron chi connectivity index (χ4n) is 3.40. The second-order valence-electron chi connectivity index (χ2n) is 7.44. The molecule has 0 aromatic rings. The molecule has 0 aromatic heterocycles. The van der Waals surface area contributed by atoms with Crippen LogP contribution < -0.4 is 0 Å². The number of carbonyl (C=O) groups excluding carboxylic acids is 2. The maximum atomic E-state index is 12.1. The van der Waals surface area contributed by atoms with Gasteiger partial charge in [-0.1, -0.05) is 91.9 Å². The van der Waals surface area contributed by atoms with Gasteiger partial charge < -0.3 is 9.64 Å². The summed E-state index contributed by atoms with van der Waals surface area (Å²) in [5, 5.41) is 0. The van der Waals surface area contributed by atoms with Crippen molar-refractivity contribution in [2.24, 2.45) is 5.92 Å². The van der Waals surface area contributed by atoms with Gasteiger partial charge in [0.1, 0.15) is 0 Å². The van der Waals surface area contributed by atoms with Crippen molar-refractivity contribution in [1.82, 2.24) is 4.90 Å². The Balaban J connectivity index is 0.00000326. The number of likely N-dealkylation sites (tertiary alicyclic amines) is 1. The number of esters is 1. The van der Waals surface area contributed by atoms with Gasteiger partial charge in [-0.15, -0.1) is 0 Å². The van der Waals surface area contributed by atoms with Crippen LogP contribution in [-0.4, -0.2) is 36.5 Å². The SMILES string of the molecule is CC.CCCCCCCCCCCN1CC(C(=O)OCCCCC)CC1=O. The molecule has 4 nitrogen and oxygen atoms in total. The molecule has 0 N–H and O–H groups in total. The Hall–Kier alpha value is -1.06. The smallest absolute Gasteiger partial charge is 0.311 e. The van der Waals surface area contributed by atoms with Crippen LogP contribution in [-0.2, 0) is 14.3 Å². The van der Waals surface area contributed by atoms with E-state index in [-0.39, 0.29) is 17.8 Å². The molecular weight excluding hydrogens is 338 g/mol. The highest BCUT2D eigenvalue weighted by molar-refractivity contribution is 5.86. The molecule has 0 aliphatic carbocycles. The van der Waals surface area contributed by atoms with Crippen LogP contribution in [0.4, 0.5) is 0 Å². The second kappa shape index (κ2) is 18.3. The van der Waals surface area contributed by atoms with Crippen molar-refractivity contribution in [2.75, 3.05) is 19.7 Å². The van der Waals surface area contributed by atoms with E-state index < -0.39 is 0 Å². The van der Waals surface area contributed by atoms with Crippen molar-refractivity contribution in [3.8, 4) is 0 Å². The summed E-state index contributed by atoms with van der Waals surface area (Å²) in [6.45, 7) is 10.2. The zero-order valence-corrected chi connectivity index (χ0v) is 18.6. The molecule has 1 atom stereocenters. The van der Waals surface area contributed by atoms with Crippen molar-refractivity contribution < 1.29 is 14.3 Å². The topological polar surface area (TPSA) is 46.6 Å². The molecular formula is C23H45NO3. The minimum absolute atomic E-state index is 0.120. The first-order valence-electron chi connectivity index (χ1n) is 11.6. The Bertz CT molecular complexity index is 371. The predicted octanol–water partition coefficient (Wildman–Crippen LogP) is 6.13. The van der Waals surface area contributed by atoms with Crippen molar-refractivity contribution >= 4 is 11.9 Å². The van der Waals surface area contributed by atoms with E-state index in [2.05, 4.69) is 13.8 Å². The summed E-state index contributed by atoms with van der Waals surface area (Å²) in [6.07, 6.45) is 15.0. The quantitative estimate of drug-likeness (QED) is 0.252. The highest BCUT2D eigenvalue weighted by Gasteiger charge is 2.34. The third kappa shape index (κ3) is 12.9. The van der Waals surface area contributed by atoms with Gasteiger partial charge in [0, 0.05) is 19.5 Å². The van der Waals surface area contributed by atoms with E-state index in [1.807, 2.05) is 18.7 Å². The van der Waals surface area contributed by atoms with Gasteiger partial charge in [0.2, 0.25) is 5.91 Å². The van der Waals surface area contributed by atoms with Gasteiger partial charge >= 0.3 is 5.97 Å². The van der Waals surface area contributed by atoms with Crippen LogP contribution in [0.1, 0.15) is 111 Å². The van der Waals surface area contributed by atoms with Crippen LogP contribution in [0.3, 0.4) is 0 Å². The minimum Gasteiger partial charge on any atom is -0.465 e. The number of amides is 1. The van der Waals surface area contributed by atoms with Gasteiger partial charge in [0.25, 0.3) is 0 Å². The maximum absolute atomic E-state index is 12.1. The molecule has 1 fully saturated rings. The fourth-order valence-corrected chi connectivity index (χ4v) is 3.40.